The lowest BCUT2D eigenvalue weighted by Gasteiger charge is -2.14. The van der Waals surface area contributed by atoms with Crippen molar-refractivity contribution >= 4 is 43.6 Å². The van der Waals surface area contributed by atoms with Crippen LogP contribution in [0.2, 0.25) is 0 Å². The molecule has 0 bridgehead atoms. The van der Waals surface area contributed by atoms with Crippen molar-refractivity contribution in [3.63, 3.8) is 0 Å². The van der Waals surface area contributed by atoms with Crippen LogP contribution in [0.15, 0.2) is 340 Å². The highest BCUT2D eigenvalue weighted by Gasteiger charge is 2.19. The fourth-order valence-electron chi connectivity index (χ4n) is 13.0. The van der Waals surface area contributed by atoms with Crippen molar-refractivity contribution in [2.45, 2.75) is 0 Å². The summed E-state index contributed by atoms with van der Waals surface area (Å²) in [6, 6.07) is 124. The van der Waals surface area contributed by atoms with Crippen molar-refractivity contribution in [2.24, 2.45) is 0 Å². The van der Waals surface area contributed by atoms with E-state index in [0.717, 1.165) is 5.69 Å². The lowest BCUT2D eigenvalue weighted by atomic mass is 9.94. The second kappa shape index (κ2) is 21.5. The number of nitrogens with zero attached hydrogens (tertiary/aromatic N) is 2. The van der Waals surface area contributed by atoms with E-state index in [0.29, 0.717) is 0 Å². The Bertz CT molecular complexity index is 5180. The number of hydrogen-bond donors (Lipinski definition) is 0. The molecule has 0 spiro atoms. The Morgan fingerprint density at radius 3 is 0.919 bits per heavy atom. The van der Waals surface area contributed by atoms with E-state index >= 15 is 0 Å². The van der Waals surface area contributed by atoms with Gasteiger partial charge >= 0.3 is 0 Å². The molecule has 2 heterocycles. The van der Waals surface area contributed by atoms with Gasteiger partial charge in [0.25, 0.3) is 0 Å². The highest BCUT2D eigenvalue weighted by Crippen LogP contribution is 2.41. The Hall–Kier alpha value is -11.3. The Morgan fingerprint density at radius 2 is 0.442 bits per heavy atom. The van der Waals surface area contributed by atoms with E-state index in [2.05, 4.69) is 349 Å². The van der Waals surface area contributed by atoms with Gasteiger partial charge in [0.05, 0.1) is 27.8 Å². The lowest BCUT2D eigenvalue weighted by Crippen LogP contribution is -1.97. The van der Waals surface area contributed by atoms with Gasteiger partial charge in [0.1, 0.15) is 0 Å². The molecule has 86 heavy (non-hydrogen) atoms. The first-order chi connectivity index (χ1) is 42.6. The maximum atomic E-state index is 2.43. The highest BCUT2D eigenvalue weighted by atomic mass is 15.0. The minimum atomic E-state index is 1.13. The smallest absolute Gasteiger partial charge is 0.0541 e. The molecule has 0 aliphatic heterocycles. The lowest BCUT2D eigenvalue weighted by molar-refractivity contribution is 1.18. The predicted molar refractivity (Wildman–Crippen MR) is 364 cm³/mol. The molecule has 0 N–H and O–H groups in total. The summed E-state index contributed by atoms with van der Waals surface area (Å²) in [7, 11) is 0. The molecular formula is C84H56N2. The first-order valence-corrected chi connectivity index (χ1v) is 29.6. The Labute approximate surface area is 501 Å². The second-order valence-electron chi connectivity index (χ2n) is 22.4. The average molecular weight is 1090 g/mol. The molecule has 2 heteroatoms. The summed E-state index contributed by atoms with van der Waals surface area (Å²) in [5, 5.41) is 4.95. The van der Waals surface area contributed by atoms with Crippen LogP contribution in [0.3, 0.4) is 0 Å². The molecule has 2 nitrogen and oxygen atoms in total. The van der Waals surface area contributed by atoms with E-state index in [-0.39, 0.29) is 0 Å². The van der Waals surface area contributed by atoms with E-state index < -0.39 is 0 Å². The molecule has 0 saturated carbocycles. The van der Waals surface area contributed by atoms with Crippen LogP contribution in [-0.2, 0) is 0 Å². The number of para-hydroxylation sites is 3. The third-order valence-corrected chi connectivity index (χ3v) is 17.4. The molecule has 0 amide bonds. The molecule has 2 aromatic heterocycles. The van der Waals surface area contributed by atoms with Crippen LogP contribution in [0.25, 0.3) is 155 Å². The largest absolute Gasteiger partial charge is 0.309 e. The summed E-state index contributed by atoms with van der Waals surface area (Å²) in [5.74, 6) is 0. The number of rotatable bonds is 11. The monoisotopic (exact) mass is 1090 g/mol. The topological polar surface area (TPSA) is 9.86 Å². The minimum absolute atomic E-state index is 1.13. The fourth-order valence-corrected chi connectivity index (χ4v) is 13.0. The van der Waals surface area contributed by atoms with Gasteiger partial charge in [0.2, 0.25) is 0 Å². The molecule has 0 atom stereocenters. The quantitative estimate of drug-likeness (QED) is 0.122. The summed E-state index contributed by atoms with van der Waals surface area (Å²) < 4.78 is 4.86. The Morgan fingerprint density at radius 1 is 0.151 bits per heavy atom. The van der Waals surface area contributed by atoms with Gasteiger partial charge in [-0.15, -0.1) is 0 Å². The van der Waals surface area contributed by atoms with Gasteiger partial charge in [-0.3, -0.25) is 0 Å². The third-order valence-electron chi connectivity index (χ3n) is 17.4. The van der Waals surface area contributed by atoms with E-state index in [1.165, 1.54) is 149 Å². The van der Waals surface area contributed by atoms with Gasteiger partial charge in [-0.25, -0.2) is 0 Å². The number of aromatic nitrogens is 2. The van der Waals surface area contributed by atoms with E-state index in [4.69, 9.17) is 0 Å². The molecule has 0 saturated heterocycles. The second-order valence-corrected chi connectivity index (χ2v) is 22.4. The molecule has 0 unspecified atom stereocenters. The van der Waals surface area contributed by atoms with Crippen LogP contribution in [0.1, 0.15) is 0 Å². The fraction of sp³-hybridized carbons (Fsp3) is 0. The molecule has 16 aromatic rings. The normalized spacial score (nSPS) is 11.5. The molecule has 0 radical (unpaired) electrons. The van der Waals surface area contributed by atoms with Gasteiger partial charge < -0.3 is 9.13 Å². The molecule has 402 valence electrons. The number of hydrogen-bond acceptors (Lipinski definition) is 0. The average Bonchev–Trinajstić information content (AvgIpc) is 2.09. The van der Waals surface area contributed by atoms with Crippen LogP contribution < -0.4 is 0 Å². The summed E-state index contributed by atoms with van der Waals surface area (Å²) in [6.07, 6.45) is 0. The highest BCUT2D eigenvalue weighted by molar-refractivity contribution is 6.13. The van der Waals surface area contributed by atoms with Gasteiger partial charge in [0, 0.05) is 32.8 Å². The first kappa shape index (κ1) is 50.4. The van der Waals surface area contributed by atoms with Gasteiger partial charge in [-0.05, 0) is 167 Å². The molecule has 0 aliphatic carbocycles. The zero-order valence-electron chi connectivity index (χ0n) is 47.2. The van der Waals surface area contributed by atoms with E-state index in [1.807, 2.05) is 0 Å². The van der Waals surface area contributed by atoms with Crippen LogP contribution in [0, 0.1) is 0 Å². The van der Waals surface area contributed by atoms with Crippen molar-refractivity contribution in [3.8, 4) is 112 Å². The van der Waals surface area contributed by atoms with Crippen LogP contribution in [-0.4, -0.2) is 9.13 Å². The van der Waals surface area contributed by atoms with Gasteiger partial charge in [-0.2, -0.15) is 0 Å². The first-order valence-electron chi connectivity index (χ1n) is 29.6. The Balaban J connectivity index is 0.644. The molecule has 16 rings (SSSR count). The van der Waals surface area contributed by atoms with E-state index in [1.54, 1.807) is 0 Å². The zero-order valence-corrected chi connectivity index (χ0v) is 47.2. The van der Waals surface area contributed by atoms with Crippen molar-refractivity contribution in [1.29, 1.82) is 0 Å². The van der Waals surface area contributed by atoms with E-state index in [9.17, 15) is 0 Å². The van der Waals surface area contributed by atoms with Crippen molar-refractivity contribution < 1.29 is 0 Å². The summed E-state index contributed by atoms with van der Waals surface area (Å²) in [6.45, 7) is 0. The summed E-state index contributed by atoms with van der Waals surface area (Å²) in [5.41, 5.74) is 28.7. The van der Waals surface area contributed by atoms with Crippen LogP contribution in [0.5, 0.6) is 0 Å². The SMILES string of the molecule is c1ccc(-c2cccc(-c3ccc(-c4cccc(-c5cccc(-c6ccc(-c7ccc(-c8cccc(-n9c%10ccccc%10c%10cc(-c%11ccc%12c(c%11)c%11ccccc%11n%12-c%11ccccc%11-c%11ccccc%11)ccc%109)c8)cc7)cc6)c5)c4)cc3)c2)cc1. The third kappa shape index (κ3) is 9.18. The van der Waals surface area contributed by atoms with Gasteiger partial charge in [0.15, 0.2) is 0 Å². The Kier molecular flexibility index (Phi) is 12.6. The van der Waals surface area contributed by atoms with Crippen molar-refractivity contribution in [1.82, 2.24) is 9.13 Å². The van der Waals surface area contributed by atoms with Gasteiger partial charge in [-0.1, -0.05) is 267 Å². The zero-order chi connectivity index (χ0) is 56.9. The maximum absolute atomic E-state index is 2.43. The predicted octanol–water partition coefficient (Wildman–Crippen LogP) is 22.9. The minimum Gasteiger partial charge on any atom is -0.309 e. The maximum Gasteiger partial charge on any atom is 0.0541 e. The summed E-state index contributed by atoms with van der Waals surface area (Å²) >= 11 is 0. The molecule has 14 aromatic carbocycles. The number of benzene rings is 14. The number of fused-ring (bicyclic) bond motifs is 6. The van der Waals surface area contributed by atoms with Crippen molar-refractivity contribution in [3.05, 3.63) is 340 Å². The molecule has 0 aliphatic rings. The summed E-state index contributed by atoms with van der Waals surface area (Å²) in [4.78, 5) is 0. The standard InChI is InChI=1S/C84H56N2/c1-3-17-57(18-4-1)65-21-13-22-66(51-65)61-43-45-62(46-44-61)68-24-15-26-70(53-68)69-25-14-23-67(52-69)60-39-35-58(36-40-60)59-37-41-63(42-38-59)71-27-16-28-74(54-71)85-81-33-11-8-30-76(81)78-55-72(47-49-83(78)85)73-48-50-84-79(56-73)77-31-9-12-34-82(77)86(84)80-32-10-7-29-75(80)64-19-5-2-6-20-64/h1-56H. The van der Waals surface area contributed by atoms with Crippen molar-refractivity contribution in [2.75, 3.05) is 0 Å². The van der Waals surface area contributed by atoms with Crippen LogP contribution >= 0.6 is 0 Å². The molecular weight excluding hydrogens is 1040 g/mol. The van der Waals surface area contributed by atoms with Crippen LogP contribution in [0.4, 0.5) is 0 Å². The molecule has 0 fully saturated rings.